The van der Waals surface area contributed by atoms with E-state index in [1.54, 1.807) is 29.8 Å². The molecule has 160 valence electrons. The van der Waals surface area contributed by atoms with Crippen LogP contribution in [0.1, 0.15) is 31.0 Å². The first-order valence-electron chi connectivity index (χ1n) is 9.71. The van der Waals surface area contributed by atoms with Gasteiger partial charge in [0.25, 0.3) is 0 Å². The lowest BCUT2D eigenvalue weighted by atomic mass is 9.96. The summed E-state index contributed by atoms with van der Waals surface area (Å²) in [5, 5.41) is 8.29. The fraction of sp³-hybridized carbons (Fsp3) is 0.227. The predicted molar refractivity (Wildman–Crippen MR) is 121 cm³/mol. The minimum Gasteiger partial charge on any atom is -0.463 e. The van der Waals surface area contributed by atoms with E-state index in [-0.39, 0.29) is 12.4 Å². The minimum atomic E-state index is -0.487. The van der Waals surface area contributed by atoms with Gasteiger partial charge in [-0.15, -0.1) is 5.10 Å². The van der Waals surface area contributed by atoms with Crippen LogP contribution in [0.25, 0.3) is 0 Å². The van der Waals surface area contributed by atoms with Crippen molar-refractivity contribution in [3.05, 3.63) is 81.2 Å². The Morgan fingerprint density at radius 1 is 1.26 bits per heavy atom. The van der Waals surface area contributed by atoms with Crippen LogP contribution in [0, 0.1) is 5.82 Å². The molecule has 31 heavy (non-hydrogen) atoms. The molecule has 2 aromatic carbocycles. The summed E-state index contributed by atoms with van der Waals surface area (Å²) in [5.41, 5.74) is 2.60. The fourth-order valence-electron chi connectivity index (χ4n) is 3.38. The second-order valence-corrected chi connectivity index (χ2v) is 8.74. The number of carbonyl (C=O) groups excluding carboxylic acids is 1. The lowest BCUT2D eigenvalue weighted by Gasteiger charge is -2.28. The lowest BCUT2D eigenvalue weighted by Crippen LogP contribution is -2.29. The Morgan fingerprint density at radius 3 is 2.71 bits per heavy atom. The Bertz CT molecular complexity index is 1150. The van der Waals surface area contributed by atoms with Crippen molar-refractivity contribution in [2.75, 3.05) is 11.9 Å². The number of thioether (sulfide) groups is 1. The number of rotatable bonds is 6. The van der Waals surface area contributed by atoms with E-state index in [0.717, 1.165) is 10.0 Å². The highest BCUT2D eigenvalue weighted by molar-refractivity contribution is 9.10. The molecule has 1 N–H and O–H groups in total. The number of aromatic nitrogens is 3. The van der Waals surface area contributed by atoms with Crippen LogP contribution in [0.4, 0.5) is 10.3 Å². The van der Waals surface area contributed by atoms with Crippen molar-refractivity contribution < 1.29 is 13.9 Å². The molecular formula is C22H20BrFN4O2S. The summed E-state index contributed by atoms with van der Waals surface area (Å²) in [4.78, 5) is 17.4. The molecule has 2 heterocycles. The van der Waals surface area contributed by atoms with Gasteiger partial charge in [-0.1, -0.05) is 58.0 Å². The number of hydrogen-bond donors (Lipinski definition) is 1. The molecule has 0 aliphatic carbocycles. The highest BCUT2D eigenvalue weighted by atomic mass is 79.9. The number of halogens is 2. The molecule has 0 unspecified atom stereocenters. The van der Waals surface area contributed by atoms with E-state index in [4.69, 9.17) is 4.74 Å². The Hall–Kier alpha value is -2.65. The number of ether oxygens (including phenoxy) is 1. The molecule has 6 nitrogen and oxygen atoms in total. The molecule has 9 heteroatoms. The van der Waals surface area contributed by atoms with Crippen molar-refractivity contribution in [1.82, 2.24) is 14.8 Å². The van der Waals surface area contributed by atoms with E-state index in [9.17, 15) is 9.18 Å². The predicted octanol–water partition coefficient (Wildman–Crippen LogP) is 5.32. The van der Waals surface area contributed by atoms with Crippen LogP contribution in [0.15, 0.2) is 69.4 Å². The number of benzene rings is 2. The molecule has 0 radical (unpaired) electrons. The first-order chi connectivity index (χ1) is 15.0. The van der Waals surface area contributed by atoms with E-state index in [1.807, 2.05) is 31.2 Å². The Kier molecular flexibility index (Phi) is 6.43. The van der Waals surface area contributed by atoms with Crippen molar-refractivity contribution >= 4 is 39.6 Å². The second-order valence-electron chi connectivity index (χ2n) is 6.88. The van der Waals surface area contributed by atoms with Gasteiger partial charge in [-0.2, -0.15) is 4.98 Å². The van der Waals surface area contributed by atoms with Gasteiger partial charge >= 0.3 is 5.97 Å². The van der Waals surface area contributed by atoms with Crippen LogP contribution in [0.3, 0.4) is 0 Å². The standard InChI is InChI=1S/C22H20BrFN4O2S/c1-3-30-20(29)18-13(2)25-21-26-22(31-12-15-6-4-5-7-17(15)24)27-28(21)19(18)14-8-10-16(23)11-9-14/h4-11,19H,3,12H2,1-2H3,(H,25,26,27)/t19-/m0/s1. The number of esters is 1. The van der Waals surface area contributed by atoms with Gasteiger partial charge < -0.3 is 10.1 Å². The van der Waals surface area contributed by atoms with Gasteiger partial charge in [-0.05, 0) is 43.2 Å². The molecule has 0 saturated heterocycles. The van der Waals surface area contributed by atoms with Gasteiger partial charge in [0.15, 0.2) is 0 Å². The summed E-state index contributed by atoms with van der Waals surface area (Å²) < 4.78 is 21.9. The van der Waals surface area contributed by atoms with Gasteiger partial charge in [-0.25, -0.2) is 13.9 Å². The van der Waals surface area contributed by atoms with E-state index in [2.05, 4.69) is 31.3 Å². The third-order valence-electron chi connectivity index (χ3n) is 4.83. The molecular weight excluding hydrogens is 483 g/mol. The molecule has 1 aromatic heterocycles. The Labute approximate surface area is 192 Å². The van der Waals surface area contributed by atoms with Crippen LogP contribution in [0.5, 0.6) is 0 Å². The fourth-order valence-corrected chi connectivity index (χ4v) is 4.46. The maximum absolute atomic E-state index is 14.0. The molecule has 1 atom stereocenters. The topological polar surface area (TPSA) is 69.0 Å². The normalized spacial score (nSPS) is 15.4. The monoisotopic (exact) mass is 502 g/mol. The summed E-state index contributed by atoms with van der Waals surface area (Å²) in [5.74, 6) is 0.263. The first kappa shape index (κ1) is 21.6. The summed E-state index contributed by atoms with van der Waals surface area (Å²) in [6, 6.07) is 13.9. The van der Waals surface area contributed by atoms with Crippen LogP contribution < -0.4 is 5.32 Å². The first-order valence-corrected chi connectivity index (χ1v) is 11.5. The SMILES string of the molecule is CCOC(=O)C1=C(C)Nc2nc(SCc3ccccc3F)nn2[C@H]1c1ccc(Br)cc1. The largest absolute Gasteiger partial charge is 0.463 e. The average molecular weight is 503 g/mol. The molecule has 0 spiro atoms. The number of fused-ring (bicyclic) bond motifs is 1. The molecule has 1 aliphatic rings. The quantitative estimate of drug-likeness (QED) is 0.363. The molecule has 0 amide bonds. The van der Waals surface area contributed by atoms with Gasteiger partial charge in [-0.3, -0.25) is 0 Å². The van der Waals surface area contributed by atoms with E-state index >= 15 is 0 Å². The van der Waals surface area contributed by atoms with Crippen molar-refractivity contribution in [3.8, 4) is 0 Å². The van der Waals surface area contributed by atoms with Gasteiger partial charge in [0.1, 0.15) is 11.9 Å². The second kappa shape index (κ2) is 9.23. The maximum Gasteiger partial charge on any atom is 0.338 e. The van der Waals surface area contributed by atoms with Crippen molar-refractivity contribution in [1.29, 1.82) is 0 Å². The third-order valence-corrected chi connectivity index (χ3v) is 6.24. The van der Waals surface area contributed by atoms with Crippen molar-refractivity contribution in [2.24, 2.45) is 0 Å². The van der Waals surface area contributed by atoms with Crippen LogP contribution in [-0.2, 0) is 15.3 Å². The highest BCUT2D eigenvalue weighted by Crippen LogP contribution is 2.37. The molecule has 4 rings (SSSR count). The number of hydrogen-bond acceptors (Lipinski definition) is 6. The smallest absolute Gasteiger partial charge is 0.338 e. The van der Waals surface area contributed by atoms with Crippen molar-refractivity contribution in [3.63, 3.8) is 0 Å². The summed E-state index contributed by atoms with van der Waals surface area (Å²) in [6.45, 7) is 3.87. The number of nitrogens with zero attached hydrogens (tertiary/aromatic N) is 3. The summed E-state index contributed by atoms with van der Waals surface area (Å²) in [6.07, 6.45) is 0. The van der Waals surface area contributed by atoms with E-state index < -0.39 is 12.0 Å². The Balaban J connectivity index is 1.70. The zero-order chi connectivity index (χ0) is 22.0. The zero-order valence-electron chi connectivity index (χ0n) is 16.9. The Morgan fingerprint density at radius 2 is 2.00 bits per heavy atom. The van der Waals surface area contributed by atoms with Gasteiger partial charge in [0.2, 0.25) is 11.1 Å². The summed E-state index contributed by atoms with van der Waals surface area (Å²) in [7, 11) is 0. The van der Waals surface area contributed by atoms with E-state index in [0.29, 0.717) is 33.7 Å². The minimum absolute atomic E-state index is 0.257. The summed E-state index contributed by atoms with van der Waals surface area (Å²) >= 11 is 4.79. The van der Waals surface area contributed by atoms with Crippen LogP contribution in [-0.4, -0.2) is 27.3 Å². The third kappa shape index (κ3) is 4.52. The molecule has 0 bridgehead atoms. The zero-order valence-corrected chi connectivity index (χ0v) is 19.3. The molecule has 3 aromatic rings. The maximum atomic E-state index is 14.0. The van der Waals surface area contributed by atoms with Gasteiger partial charge in [0.05, 0.1) is 12.2 Å². The van der Waals surface area contributed by atoms with Gasteiger partial charge in [0, 0.05) is 15.9 Å². The van der Waals surface area contributed by atoms with Crippen LogP contribution >= 0.6 is 27.7 Å². The number of carbonyl (C=O) groups is 1. The highest BCUT2D eigenvalue weighted by Gasteiger charge is 2.35. The molecule has 0 fully saturated rings. The van der Waals surface area contributed by atoms with Crippen molar-refractivity contribution in [2.45, 2.75) is 30.8 Å². The molecule has 1 aliphatic heterocycles. The average Bonchev–Trinajstić information content (AvgIpc) is 3.15. The lowest BCUT2D eigenvalue weighted by molar-refractivity contribution is -0.139. The number of allylic oxidation sites excluding steroid dienone is 1. The number of anilines is 1. The van der Waals surface area contributed by atoms with Crippen LogP contribution in [0.2, 0.25) is 0 Å². The van der Waals surface area contributed by atoms with E-state index in [1.165, 1.54) is 17.8 Å². The number of nitrogens with one attached hydrogen (secondary N) is 1. The molecule has 0 saturated carbocycles.